The maximum atomic E-state index is 12.6. The van der Waals surface area contributed by atoms with Gasteiger partial charge in [0.15, 0.2) is 10.9 Å². The van der Waals surface area contributed by atoms with E-state index in [1.807, 2.05) is 0 Å². The molecule has 0 fully saturated rings. The Kier molecular flexibility index (Phi) is 4.81. The first-order valence-corrected chi connectivity index (χ1v) is 9.30. The third kappa shape index (κ3) is 3.60. The van der Waals surface area contributed by atoms with Gasteiger partial charge in [-0.15, -0.1) is 11.3 Å². The summed E-state index contributed by atoms with van der Waals surface area (Å²) in [5.74, 6) is 0.231. The summed E-state index contributed by atoms with van der Waals surface area (Å²) < 4.78 is 6.46. The number of hydrogen-bond donors (Lipinski definition) is 1. The number of nitrogens with zero attached hydrogens (tertiary/aromatic N) is 4. The Hall–Kier alpha value is -3.59. The minimum atomic E-state index is -0.815. The molecule has 0 aliphatic rings. The molecule has 0 aromatic carbocycles. The highest BCUT2D eigenvalue weighted by atomic mass is 32.1. The van der Waals surface area contributed by atoms with Crippen LogP contribution in [0.25, 0.3) is 22.7 Å². The molecule has 0 bridgehead atoms. The molecule has 0 aliphatic heterocycles. The van der Waals surface area contributed by atoms with E-state index in [9.17, 15) is 9.59 Å². The lowest BCUT2D eigenvalue weighted by Gasteiger charge is -2.14. The fourth-order valence-corrected chi connectivity index (χ4v) is 3.27. The summed E-state index contributed by atoms with van der Waals surface area (Å²) in [5.41, 5.74) is 1.65. The van der Waals surface area contributed by atoms with Crippen LogP contribution in [0, 0.1) is 0 Å². The molecule has 1 atom stereocenters. The lowest BCUT2D eigenvalue weighted by molar-refractivity contribution is -0.119. The maximum absolute atomic E-state index is 12.6. The first-order chi connectivity index (χ1) is 13.6. The van der Waals surface area contributed by atoms with E-state index in [-0.39, 0.29) is 11.5 Å². The number of furan rings is 1. The van der Waals surface area contributed by atoms with Gasteiger partial charge in [0.1, 0.15) is 11.7 Å². The number of thiazole rings is 1. The van der Waals surface area contributed by atoms with Crippen molar-refractivity contribution in [1.29, 1.82) is 0 Å². The molecule has 0 radical (unpaired) electrons. The van der Waals surface area contributed by atoms with Crippen molar-refractivity contribution in [3.63, 3.8) is 0 Å². The van der Waals surface area contributed by atoms with Gasteiger partial charge < -0.3 is 9.73 Å². The number of nitrogens with one attached hydrogen (secondary N) is 1. The van der Waals surface area contributed by atoms with Gasteiger partial charge in [-0.2, -0.15) is 5.10 Å². The zero-order valence-electron chi connectivity index (χ0n) is 14.8. The number of pyridine rings is 1. The normalized spacial score (nSPS) is 11.9. The van der Waals surface area contributed by atoms with Crippen LogP contribution >= 0.6 is 11.3 Å². The first-order valence-electron chi connectivity index (χ1n) is 8.42. The number of anilines is 1. The van der Waals surface area contributed by atoms with E-state index in [4.69, 9.17) is 4.42 Å². The van der Waals surface area contributed by atoms with Crippen molar-refractivity contribution in [2.45, 2.75) is 13.0 Å². The van der Waals surface area contributed by atoms with Gasteiger partial charge in [0.2, 0.25) is 0 Å². The van der Waals surface area contributed by atoms with Gasteiger partial charge in [0.05, 0.1) is 12.0 Å². The molecule has 0 aliphatic carbocycles. The van der Waals surface area contributed by atoms with Crippen molar-refractivity contribution in [1.82, 2.24) is 19.7 Å². The second-order valence-corrected chi connectivity index (χ2v) is 6.78. The molecule has 4 rings (SSSR count). The molecule has 140 valence electrons. The topological polar surface area (TPSA) is 103 Å². The molecule has 1 N–H and O–H groups in total. The van der Waals surface area contributed by atoms with Crippen LogP contribution in [0.2, 0.25) is 0 Å². The third-order valence-corrected chi connectivity index (χ3v) is 4.81. The lowest BCUT2D eigenvalue weighted by atomic mass is 10.2. The van der Waals surface area contributed by atoms with Crippen molar-refractivity contribution >= 4 is 22.4 Å². The molecule has 1 unspecified atom stereocenters. The van der Waals surface area contributed by atoms with Gasteiger partial charge in [0.25, 0.3) is 11.5 Å². The van der Waals surface area contributed by atoms with E-state index in [2.05, 4.69) is 20.4 Å². The van der Waals surface area contributed by atoms with E-state index in [1.54, 1.807) is 61.3 Å². The van der Waals surface area contributed by atoms with Crippen LogP contribution in [0.5, 0.6) is 0 Å². The quantitative estimate of drug-likeness (QED) is 0.558. The predicted octanol–water partition coefficient (Wildman–Crippen LogP) is 3.22. The minimum Gasteiger partial charge on any atom is -0.463 e. The van der Waals surface area contributed by atoms with Crippen LogP contribution in [-0.4, -0.2) is 25.7 Å². The minimum absolute atomic E-state index is 0.365. The Morgan fingerprint density at radius 1 is 1.18 bits per heavy atom. The summed E-state index contributed by atoms with van der Waals surface area (Å²) in [6.07, 6.45) is 4.84. The van der Waals surface area contributed by atoms with Crippen molar-refractivity contribution < 1.29 is 9.21 Å². The zero-order valence-corrected chi connectivity index (χ0v) is 15.6. The van der Waals surface area contributed by atoms with E-state index in [0.717, 1.165) is 10.2 Å². The first kappa shape index (κ1) is 17.8. The van der Waals surface area contributed by atoms with Crippen LogP contribution < -0.4 is 10.9 Å². The summed E-state index contributed by atoms with van der Waals surface area (Å²) in [5, 5.41) is 9.26. The Morgan fingerprint density at radius 3 is 2.75 bits per heavy atom. The Morgan fingerprint density at radius 2 is 2.00 bits per heavy atom. The zero-order chi connectivity index (χ0) is 19.5. The molecule has 28 heavy (non-hydrogen) atoms. The van der Waals surface area contributed by atoms with Crippen LogP contribution in [0.1, 0.15) is 13.0 Å². The summed E-state index contributed by atoms with van der Waals surface area (Å²) >= 11 is 1.28. The van der Waals surface area contributed by atoms with E-state index >= 15 is 0 Å². The van der Waals surface area contributed by atoms with Gasteiger partial charge in [-0.25, -0.2) is 9.67 Å². The molecular formula is C19H15N5O3S. The predicted molar refractivity (Wildman–Crippen MR) is 105 cm³/mol. The highest BCUT2D eigenvalue weighted by Gasteiger charge is 2.20. The summed E-state index contributed by atoms with van der Waals surface area (Å²) in [6.45, 7) is 1.61. The van der Waals surface area contributed by atoms with Crippen LogP contribution in [0.3, 0.4) is 0 Å². The van der Waals surface area contributed by atoms with Crippen molar-refractivity contribution in [3.05, 3.63) is 70.8 Å². The molecule has 1 amide bonds. The molecular weight excluding hydrogens is 378 g/mol. The standard InChI is InChI=1S/C19H15N5O3S/c1-12(18(26)22-19-21-15(11-28-19)16-3-2-10-27-16)24-17(25)5-4-14(23-24)13-6-8-20-9-7-13/h2-12H,1H3,(H,21,22,26). The SMILES string of the molecule is CC(C(=O)Nc1nc(-c2ccco2)cs1)n1nc(-c2ccncc2)ccc1=O. The number of rotatable bonds is 5. The molecule has 4 aromatic rings. The van der Waals surface area contributed by atoms with Crippen molar-refractivity contribution in [2.24, 2.45) is 0 Å². The molecule has 0 spiro atoms. The van der Waals surface area contributed by atoms with E-state index in [1.165, 1.54) is 17.4 Å². The number of carbonyl (C=O) groups is 1. The second-order valence-electron chi connectivity index (χ2n) is 5.92. The largest absolute Gasteiger partial charge is 0.463 e. The molecule has 0 saturated heterocycles. The summed E-state index contributed by atoms with van der Waals surface area (Å²) in [6, 6.07) is 9.33. The Bertz CT molecular complexity index is 1150. The van der Waals surface area contributed by atoms with Crippen LogP contribution in [0.15, 0.2) is 69.6 Å². The summed E-state index contributed by atoms with van der Waals surface area (Å²) in [4.78, 5) is 33.2. The smallest absolute Gasteiger partial charge is 0.267 e. The van der Waals surface area contributed by atoms with E-state index in [0.29, 0.717) is 22.3 Å². The number of aromatic nitrogens is 4. The van der Waals surface area contributed by atoms with Crippen molar-refractivity contribution in [3.8, 4) is 22.7 Å². The van der Waals surface area contributed by atoms with Gasteiger partial charge in [-0.1, -0.05) is 0 Å². The molecule has 8 nitrogen and oxygen atoms in total. The fraction of sp³-hybridized carbons (Fsp3) is 0.105. The molecule has 9 heteroatoms. The van der Waals surface area contributed by atoms with Crippen LogP contribution in [-0.2, 0) is 4.79 Å². The van der Waals surface area contributed by atoms with Crippen LogP contribution in [0.4, 0.5) is 5.13 Å². The van der Waals surface area contributed by atoms with E-state index < -0.39 is 6.04 Å². The van der Waals surface area contributed by atoms with Gasteiger partial charge in [0, 0.05) is 29.4 Å². The highest BCUT2D eigenvalue weighted by molar-refractivity contribution is 7.14. The highest BCUT2D eigenvalue weighted by Crippen LogP contribution is 2.25. The average Bonchev–Trinajstić information content (AvgIpc) is 3.40. The monoisotopic (exact) mass is 393 g/mol. The molecule has 0 saturated carbocycles. The van der Waals surface area contributed by atoms with Gasteiger partial charge >= 0.3 is 0 Å². The van der Waals surface area contributed by atoms with Gasteiger partial charge in [-0.05, 0) is 37.3 Å². The number of amides is 1. The lowest BCUT2D eigenvalue weighted by Crippen LogP contribution is -2.33. The molecule has 4 aromatic heterocycles. The second kappa shape index (κ2) is 7.57. The Balaban J connectivity index is 1.55. The fourth-order valence-electron chi connectivity index (χ4n) is 2.57. The third-order valence-electron chi connectivity index (χ3n) is 4.06. The number of hydrogen-bond acceptors (Lipinski definition) is 7. The maximum Gasteiger partial charge on any atom is 0.267 e. The van der Waals surface area contributed by atoms with Crippen molar-refractivity contribution in [2.75, 3.05) is 5.32 Å². The van der Waals surface area contributed by atoms with Gasteiger partial charge in [-0.3, -0.25) is 14.6 Å². The summed E-state index contributed by atoms with van der Waals surface area (Å²) in [7, 11) is 0. The molecule has 4 heterocycles. The number of carbonyl (C=O) groups excluding carboxylic acids is 1. The average molecular weight is 393 g/mol. The Labute approximate surface area is 163 Å².